The second-order valence-electron chi connectivity index (χ2n) is 6.87. The van der Waals surface area contributed by atoms with Gasteiger partial charge < -0.3 is 24.1 Å². The number of ether oxygens (including phenoxy) is 3. The van der Waals surface area contributed by atoms with E-state index in [0.29, 0.717) is 41.9 Å². The Balaban J connectivity index is 1.54. The first-order valence-electron chi connectivity index (χ1n) is 10.0. The number of nitrogens with zero attached hydrogens (tertiary/aromatic N) is 2. The molecular weight excluding hydrogens is 398 g/mol. The van der Waals surface area contributed by atoms with Crippen LogP contribution >= 0.6 is 0 Å². The van der Waals surface area contributed by atoms with Gasteiger partial charge in [-0.15, -0.1) is 0 Å². The quantitative estimate of drug-likeness (QED) is 0.530. The van der Waals surface area contributed by atoms with Crippen LogP contribution in [0.25, 0.3) is 11.4 Å². The lowest BCUT2D eigenvalue weighted by molar-refractivity contribution is -0.121. The highest BCUT2D eigenvalue weighted by Gasteiger charge is 2.14. The van der Waals surface area contributed by atoms with Gasteiger partial charge in [-0.2, -0.15) is 4.98 Å². The van der Waals surface area contributed by atoms with Gasteiger partial charge in [-0.3, -0.25) is 4.79 Å². The van der Waals surface area contributed by atoms with Crippen LogP contribution in [0.15, 0.2) is 40.9 Å². The maximum Gasteiger partial charge on any atom is 0.227 e. The van der Waals surface area contributed by atoms with Crippen molar-refractivity contribution in [2.45, 2.75) is 32.7 Å². The summed E-state index contributed by atoms with van der Waals surface area (Å²) in [6.45, 7) is 2.43. The monoisotopic (exact) mass is 425 g/mol. The third kappa shape index (κ3) is 5.53. The number of benzene rings is 2. The predicted molar refractivity (Wildman–Crippen MR) is 115 cm³/mol. The first-order valence-corrected chi connectivity index (χ1v) is 10.0. The van der Waals surface area contributed by atoms with Gasteiger partial charge in [0.2, 0.25) is 23.4 Å². The molecule has 8 nitrogen and oxygen atoms in total. The van der Waals surface area contributed by atoms with Crippen LogP contribution < -0.4 is 19.5 Å². The number of rotatable bonds is 10. The summed E-state index contributed by atoms with van der Waals surface area (Å²) in [6, 6.07) is 11.6. The normalized spacial score (nSPS) is 10.6. The van der Waals surface area contributed by atoms with Crippen molar-refractivity contribution in [3.63, 3.8) is 0 Å². The molecule has 0 aliphatic heterocycles. The maximum absolute atomic E-state index is 12.3. The minimum Gasteiger partial charge on any atom is -0.493 e. The van der Waals surface area contributed by atoms with Gasteiger partial charge in [0.1, 0.15) is 0 Å². The molecule has 0 saturated carbocycles. The molecule has 164 valence electrons. The lowest BCUT2D eigenvalue weighted by Crippen LogP contribution is -2.23. The van der Waals surface area contributed by atoms with Gasteiger partial charge >= 0.3 is 0 Å². The van der Waals surface area contributed by atoms with Crippen LogP contribution in [0.3, 0.4) is 0 Å². The second-order valence-corrected chi connectivity index (χ2v) is 6.87. The molecule has 0 spiro atoms. The van der Waals surface area contributed by atoms with Crippen molar-refractivity contribution in [3.05, 3.63) is 53.4 Å². The van der Waals surface area contributed by atoms with Crippen LogP contribution in [0.1, 0.15) is 30.4 Å². The Morgan fingerprint density at radius 3 is 2.26 bits per heavy atom. The topological polar surface area (TPSA) is 95.7 Å². The number of hydrogen-bond acceptors (Lipinski definition) is 7. The van der Waals surface area contributed by atoms with Crippen molar-refractivity contribution in [1.82, 2.24) is 15.5 Å². The standard InChI is InChI=1S/C23H27N3O5/c1-5-15-6-8-17(9-7-15)23-25-21(31-26-23)11-10-20(27)24-14-16-12-18(28-2)22(30-4)19(13-16)29-3/h6-9,12-13H,5,10-11,14H2,1-4H3,(H,24,27). The first kappa shape index (κ1) is 22.1. The van der Waals surface area contributed by atoms with Gasteiger partial charge in [0.15, 0.2) is 11.5 Å². The van der Waals surface area contributed by atoms with Crippen LogP contribution in [0.2, 0.25) is 0 Å². The summed E-state index contributed by atoms with van der Waals surface area (Å²) in [5.74, 6) is 2.42. The Hall–Kier alpha value is -3.55. The average Bonchev–Trinajstić information content (AvgIpc) is 3.29. The molecule has 0 radical (unpaired) electrons. The molecular formula is C23H27N3O5. The highest BCUT2D eigenvalue weighted by Crippen LogP contribution is 2.38. The number of carbonyl (C=O) groups is 1. The molecule has 0 atom stereocenters. The van der Waals surface area contributed by atoms with Crippen LogP contribution in [0.5, 0.6) is 17.2 Å². The maximum atomic E-state index is 12.3. The minimum atomic E-state index is -0.124. The molecule has 1 heterocycles. The summed E-state index contributed by atoms with van der Waals surface area (Å²) in [5.41, 5.74) is 2.97. The van der Waals surface area contributed by atoms with Crippen LogP contribution in [-0.2, 0) is 24.2 Å². The first-order chi connectivity index (χ1) is 15.1. The van der Waals surface area contributed by atoms with Gasteiger partial charge in [0, 0.05) is 24.9 Å². The van der Waals surface area contributed by atoms with Crippen molar-refractivity contribution < 1.29 is 23.5 Å². The van der Waals surface area contributed by atoms with Crippen LogP contribution in [0, 0.1) is 0 Å². The highest BCUT2D eigenvalue weighted by atomic mass is 16.5. The molecule has 0 aliphatic rings. The average molecular weight is 425 g/mol. The lowest BCUT2D eigenvalue weighted by Gasteiger charge is -2.14. The van der Waals surface area contributed by atoms with Gasteiger partial charge in [-0.1, -0.05) is 36.3 Å². The number of aryl methyl sites for hydroxylation is 2. The largest absolute Gasteiger partial charge is 0.493 e. The van der Waals surface area contributed by atoms with Crippen LogP contribution in [-0.4, -0.2) is 37.4 Å². The zero-order chi connectivity index (χ0) is 22.2. The summed E-state index contributed by atoms with van der Waals surface area (Å²) in [6.07, 6.45) is 1.57. The van der Waals surface area contributed by atoms with Crippen molar-refractivity contribution in [3.8, 4) is 28.6 Å². The summed E-state index contributed by atoms with van der Waals surface area (Å²) >= 11 is 0. The summed E-state index contributed by atoms with van der Waals surface area (Å²) in [4.78, 5) is 16.7. The van der Waals surface area contributed by atoms with E-state index in [1.54, 1.807) is 33.5 Å². The summed E-state index contributed by atoms with van der Waals surface area (Å²) in [5, 5.41) is 6.89. The Bertz CT molecular complexity index is 989. The Labute approximate surface area is 181 Å². The Morgan fingerprint density at radius 1 is 1.00 bits per heavy atom. The molecule has 1 amide bonds. The molecule has 3 rings (SSSR count). The van der Waals surface area contributed by atoms with E-state index in [2.05, 4.69) is 22.4 Å². The molecule has 3 aromatic rings. The number of methoxy groups -OCH3 is 3. The molecule has 2 aromatic carbocycles. The van der Waals surface area contributed by atoms with Crippen LogP contribution in [0.4, 0.5) is 0 Å². The van der Waals surface area contributed by atoms with E-state index in [-0.39, 0.29) is 12.3 Å². The van der Waals surface area contributed by atoms with Crippen molar-refractivity contribution >= 4 is 5.91 Å². The third-order valence-electron chi connectivity index (χ3n) is 4.87. The van der Waals surface area contributed by atoms with E-state index in [9.17, 15) is 4.79 Å². The number of nitrogens with one attached hydrogen (secondary N) is 1. The number of carbonyl (C=O) groups excluding carboxylic acids is 1. The van der Waals surface area contributed by atoms with E-state index < -0.39 is 0 Å². The molecule has 31 heavy (non-hydrogen) atoms. The molecule has 0 bridgehead atoms. The molecule has 0 unspecified atom stereocenters. The fourth-order valence-electron chi connectivity index (χ4n) is 3.11. The fraction of sp³-hybridized carbons (Fsp3) is 0.348. The molecule has 1 aromatic heterocycles. The molecule has 0 saturated heterocycles. The predicted octanol–water partition coefficient (Wildman–Crippen LogP) is 3.57. The van der Waals surface area contributed by atoms with Gasteiger partial charge in [-0.25, -0.2) is 0 Å². The van der Waals surface area contributed by atoms with Crippen molar-refractivity contribution in [2.75, 3.05) is 21.3 Å². The number of hydrogen-bond donors (Lipinski definition) is 1. The van der Waals surface area contributed by atoms with E-state index in [0.717, 1.165) is 17.5 Å². The van der Waals surface area contributed by atoms with Gasteiger partial charge in [-0.05, 0) is 29.7 Å². The van der Waals surface area contributed by atoms with E-state index in [1.165, 1.54) is 5.56 Å². The summed E-state index contributed by atoms with van der Waals surface area (Å²) in [7, 11) is 4.65. The van der Waals surface area contributed by atoms with Gasteiger partial charge in [0.05, 0.1) is 21.3 Å². The lowest BCUT2D eigenvalue weighted by atomic mass is 10.1. The molecule has 0 fully saturated rings. The second kappa shape index (κ2) is 10.5. The third-order valence-corrected chi connectivity index (χ3v) is 4.87. The molecule has 0 aliphatic carbocycles. The number of amides is 1. The molecule has 8 heteroatoms. The van der Waals surface area contributed by atoms with E-state index >= 15 is 0 Å². The van der Waals surface area contributed by atoms with E-state index in [4.69, 9.17) is 18.7 Å². The van der Waals surface area contributed by atoms with Gasteiger partial charge in [0.25, 0.3) is 0 Å². The van der Waals surface area contributed by atoms with Crippen molar-refractivity contribution in [1.29, 1.82) is 0 Å². The zero-order valence-electron chi connectivity index (χ0n) is 18.2. The highest BCUT2D eigenvalue weighted by molar-refractivity contribution is 5.76. The minimum absolute atomic E-state index is 0.124. The SMILES string of the molecule is CCc1ccc(-c2noc(CCC(=O)NCc3cc(OC)c(OC)c(OC)c3)n2)cc1. The smallest absolute Gasteiger partial charge is 0.227 e. The fourth-order valence-corrected chi connectivity index (χ4v) is 3.11. The molecule has 1 N–H and O–H groups in total. The zero-order valence-corrected chi connectivity index (χ0v) is 18.2. The Morgan fingerprint density at radius 2 is 1.68 bits per heavy atom. The van der Waals surface area contributed by atoms with E-state index in [1.807, 2.05) is 24.3 Å². The van der Waals surface area contributed by atoms with Crippen molar-refractivity contribution in [2.24, 2.45) is 0 Å². The number of aromatic nitrogens is 2. The Kier molecular flexibility index (Phi) is 7.48. The summed E-state index contributed by atoms with van der Waals surface area (Å²) < 4.78 is 21.3.